The predicted molar refractivity (Wildman–Crippen MR) is 127 cm³/mol. The number of hydrogen-bond donors (Lipinski definition) is 0. The Kier molecular flexibility index (Phi) is 7.81. The number of hydrogen-bond acceptors (Lipinski definition) is 6. The first-order valence-corrected chi connectivity index (χ1v) is 11.1. The summed E-state index contributed by atoms with van der Waals surface area (Å²) >= 11 is 0. The number of fused-ring (bicyclic) bond motifs is 2. The summed E-state index contributed by atoms with van der Waals surface area (Å²) in [6.07, 6.45) is 4.70. The fraction of sp³-hybridized carbons (Fsp3) is 0.417. The van der Waals surface area contributed by atoms with Gasteiger partial charge in [0.1, 0.15) is 5.69 Å². The zero-order chi connectivity index (χ0) is 23.1. The van der Waals surface area contributed by atoms with Gasteiger partial charge >= 0.3 is 0 Å². The predicted octanol–water partition coefficient (Wildman–Crippen LogP) is 6.32. The van der Waals surface area contributed by atoms with E-state index in [2.05, 4.69) is 39.2 Å². The topological polar surface area (TPSA) is 90.1 Å². The second kappa shape index (κ2) is 10.7. The molecule has 8 nitrogen and oxygen atoms in total. The minimum atomic E-state index is -0.251. The van der Waals surface area contributed by atoms with E-state index in [0.717, 1.165) is 24.5 Å². The fourth-order valence-electron chi connectivity index (χ4n) is 3.55. The second-order valence-electron chi connectivity index (χ2n) is 7.97. The van der Waals surface area contributed by atoms with Gasteiger partial charge in [0.15, 0.2) is 0 Å². The number of nitrogens with zero attached hydrogens (tertiary/aromatic N) is 6. The summed E-state index contributed by atoms with van der Waals surface area (Å²) in [5.74, 6) is -0.470. The van der Waals surface area contributed by atoms with Crippen LogP contribution in [0.4, 0.5) is 22.7 Å². The number of amides is 2. The number of benzene rings is 2. The van der Waals surface area contributed by atoms with Crippen molar-refractivity contribution in [2.75, 3.05) is 37.0 Å². The van der Waals surface area contributed by atoms with Crippen molar-refractivity contribution in [3.63, 3.8) is 0 Å². The molecule has 8 heteroatoms. The van der Waals surface area contributed by atoms with Crippen LogP contribution in [0.2, 0.25) is 0 Å². The van der Waals surface area contributed by atoms with Gasteiger partial charge in [-0.1, -0.05) is 32.8 Å². The molecule has 2 aromatic rings. The summed E-state index contributed by atoms with van der Waals surface area (Å²) in [4.78, 5) is 27.1. The van der Waals surface area contributed by atoms with Gasteiger partial charge in [-0.15, -0.1) is 20.5 Å². The molecule has 2 aromatic carbocycles. The Morgan fingerprint density at radius 3 is 2.09 bits per heavy atom. The minimum absolute atomic E-state index is 0.220. The maximum absolute atomic E-state index is 11.6. The van der Waals surface area contributed by atoms with Crippen molar-refractivity contribution in [3.8, 4) is 0 Å². The molecule has 4 rings (SSSR count). The molecule has 2 amide bonds. The third-order valence-electron chi connectivity index (χ3n) is 5.35. The van der Waals surface area contributed by atoms with Crippen molar-refractivity contribution < 1.29 is 9.59 Å². The molecule has 2 aliphatic heterocycles. The van der Waals surface area contributed by atoms with E-state index in [1.165, 1.54) is 25.7 Å². The van der Waals surface area contributed by atoms with Crippen LogP contribution in [-0.2, 0) is 0 Å². The van der Waals surface area contributed by atoms with E-state index < -0.39 is 0 Å². The van der Waals surface area contributed by atoms with Crippen molar-refractivity contribution in [2.24, 2.45) is 20.5 Å². The molecule has 0 spiro atoms. The van der Waals surface area contributed by atoms with E-state index in [9.17, 15) is 9.59 Å². The highest BCUT2D eigenvalue weighted by atomic mass is 16.2. The van der Waals surface area contributed by atoms with Gasteiger partial charge in [-0.3, -0.25) is 9.59 Å². The summed E-state index contributed by atoms with van der Waals surface area (Å²) in [5, 5.41) is 14.7. The molecule has 0 atom stereocenters. The van der Waals surface area contributed by atoms with E-state index >= 15 is 0 Å². The third-order valence-corrected chi connectivity index (χ3v) is 5.35. The molecule has 32 heavy (non-hydrogen) atoms. The van der Waals surface area contributed by atoms with E-state index in [1.807, 2.05) is 49.3 Å². The highest BCUT2D eigenvalue weighted by Crippen LogP contribution is 2.34. The monoisotopic (exact) mass is 434 g/mol. The van der Waals surface area contributed by atoms with E-state index in [1.54, 1.807) is 6.07 Å². The van der Waals surface area contributed by atoms with Gasteiger partial charge in [-0.05, 0) is 43.2 Å². The Balaban J connectivity index is 0.000000193. The number of carbonyl (C=O) groups is 2. The number of azo groups is 2. The van der Waals surface area contributed by atoms with Crippen LogP contribution in [0, 0.1) is 0 Å². The van der Waals surface area contributed by atoms with Gasteiger partial charge in [-0.25, -0.2) is 0 Å². The van der Waals surface area contributed by atoms with Crippen LogP contribution in [0.15, 0.2) is 56.9 Å². The summed E-state index contributed by atoms with van der Waals surface area (Å²) in [6, 6.07) is 11.4. The first-order chi connectivity index (χ1) is 15.5. The van der Waals surface area contributed by atoms with Gasteiger partial charge in [0.2, 0.25) is 0 Å². The summed E-state index contributed by atoms with van der Waals surface area (Å²) in [6.45, 7) is 6.47. The van der Waals surface area contributed by atoms with E-state index in [0.29, 0.717) is 22.5 Å². The standard InChI is InChI=1S/C15H21N3O.C9H9N3O/c1-3-5-9-18(10-6-4-2)12-7-8-14-13(11-12)15(19)17-16-14;1-12(2)7-5-3-4-6-8(7)9(13)11-10-6/h7-8,11H,3-6,9-10H2,1-2H3;3-5H,1-2H3. The molecular weight excluding hydrogens is 404 g/mol. The second-order valence-corrected chi connectivity index (χ2v) is 7.97. The molecule has 168 valence electrons. The van der Waals surface area contributed by atoms with Gasteiger partial charge in [0, 0.05) is 32.9 Å². The van der Waals surface area contributed by atoms with Crippen molar-refractivity contribution >= 4 is 34.6 Å². The van der Waals surface area contributed by atoms with Crippen molar-refractivity contribution in [3.05, 3.63) is 47.5 Å². The number of anilines is 2. The molecule has 2 heterocycles. The van der Waals surface area contributed by atoms with Crippen molar-refractivity contribution in [1.82, 2.24) is 0 Å². The van der Waals surface area contributed by atoms with Crippen LogP contribution >= 0.6 is 0 Å². The van der Waals surface area contributed by atoms with Crippen molar-refractivity contribution in [2.45, 2.75) is 39.5 Å². The Morgan fingerprint density at radius 1 is 0.781 bits per heavy atom. The molecule has 0 bridgehead atoms. The van der Waals surface area contributed by atoms with E-state index in [-0.39, 0.29) is 11.8 Å². The van der Waals surface area contributed by atoms with Crippen LogP contribution in [-0.4, -0.2) is 39.0 Å². The van der Waals surface area contributed by atoms with Gasteiger partial charge in [0.25, 0.3) is 11.8 Å². The molecule has 0 N–H and O–H groups in total. The highest BCUT2D eigenvalue weighted by molar-refractivity contribution is 6.07. The lowest BCUT2D eigenvalue weighted by atomic mass is 10.1. The summed E-state index contributed by atoms with van der Waals surface area (Å²) in [7, 11) is 3.78. The molecule has 0 saturated carbocycles. The molecule has 0 radical (unpaired) electrons. The maximum atomic E-state index is 11.6. The Labute approximate surface area is 189 Å². The zero-order valence-electron chi connectivity index (χ0n) is 19.2. The first kappa shape index (κ1) is 23.2. The van der Waals surface area contributed by atoms with Crippen LogP contribution in [0.1, 0.15) is 60.2 Å². The van der Waals surface area contributed by atoms with Crippen LogP contribution < -0.4 is 9.80 Å². The van der Waals surface area contributed by atoms with Gasteiger partial charge in [0.05, 0.1) is 22.5 Å². The highest BCUT2D eigenvalue weighted by Gasteiger charge is 2.22. The van der Waals surface area contributed by atoms with Crippen LogP contribution in [0.5, 0.6) is 0 Å². The molecule has 0 saturated heterocycles. The lowest BCUT2D eigenvalue weighted by Crippen LogP contribution is -2.25. The fourth-order valence-corrected chi connectivity index (χ4v) is 3.55. The van der Waals surface area contributed by atoms with Crippen LogP contribution in [0.3, 0.4) is 0 Å². The lowest BCUT2D eigenvalue weighted by molar-refractivity contribution is 0.0994. The molecule has 2 aliphatic rings. The largest absolute Gasteiger partial charge is 0.377 e. The van der Waals surface area contributed by atoms with Gasteiger partial charge < -0.3 is 9.80 Å². The quantitative estimate of drug-likeness (QED) is 0.486. The summed E-state index contributed by atoms with van der Waals surface area (Å²) < 4.78 is 0. The number of carbonyl (C=O) groups excluding carboxylic acids is 2. The number of rotatable bonds is 8. The number of unbranched alkanes of at least 4 members (excludes halogenated alkanes) is 2. The maximum Gasteiger partial charge on any atom is 0.299 e. The van der Waals surface area contributed by atoms with E-state index in [4.69, 9.17) is 0 Å². The SMILES string of the molecule is CCCCN(CCCC)c1ccc2c(c1)C(=O)N=N2.CN(C)c1cccc2c1C(=O)N=N2. The van der Waals surface area contributed by atoms with Crippen molar-refractivity contribution in [1.29, 1.82) is 0 Å². The summed E-state index contributed by atoms with van der Waals surface area (Å²) in [5.41, 5.74) is 4.58. The third kappa shape index (κ3) is 5.25. The molecule has 0 fully saturated rings. The Bertz CT molecular complexity index is 1040. The Hall–Kier alpha value is -3.42. The molecular formula is C24H30N6O2. The average molecular weight is 435 g/mol. The smallest absolute Gasteiger partial charge is 0.299 e. The average Bonchev–Trinajstić information content (AvgIpc) is 3.37. The lowest BCUT2D eigenvalue weighted by Gasteiger charge is -2.25. The zero-order valence-corrected chi connectivity index (χ0v) is 19.2. The first-order valence-electron chi connectivity index (χ1n) is 11.1. The van der Waals surface area contributed by atoms with Crippen LogP contribution in [0.25, 0.3) is 0 Å². The molecule has 0 unspecified atom stereocenters. The molecule has 0 aliphatic carbocycles. The normalized spacial score (nSPS) is 13.0. The Morgan fingerprint density at radius 2 is 1.44 bits per heavy atom. The molecule has 0 aromatic heterocycles. The van der Waals surface area contributed by atoms with Gasteiger partial charge in [-0.2, -0.15) is 0 Å². The minimum Gasteiger partial charge on any atom is -0.377 e.